The molecule has 0 radical (unpaired) electrons. The number of anilines is 1. The summed E-state index contributed by atoms with van der Waals surface area (Å²) in [6.07, 6.45) is 0. The number of carbonyl (C=O) groups is 1. The third-order valence-corrected chi connectivity index (χ3v) is 3.53. The minimum absolute atomic E-state index is 0.145. The Kier molecular flexibility index (Phi) is 5.02. The van der Waals surface area contributed by atoms with Crippen LogP contribution in [0.4, 0.5) is 5.13 Å². The van der Waals surface area contributed by atoms with Crippen molar-refractivity contribution in [2.45, 2.75) is 6.04 Å². The average Bonchev–Trinajstić information content (AvgIpc) is 2.87. The third-order valence-electron chi connectivity index (χ3n) is 2.41. The molecule has 0 aliphatic carbocycles. The number of amides is 1. The fourth-order valence-corrected chi connectivity index (χ4v) is 2.40. The molecule has 2 aromatic rings. The zero-order chi connectivity index (χ0) is 14.5. The number of carbonyl (C=O) groups excluding carboxylic acids is 1. The number of hydrogen-bond acceptors (Lipinski definition) is 6. The van der Waals surface area contributed by atoms with E-state index in [2.05, 4.69) is 15.5 Å². The summed E-state index contributed by atoms with van der Waals surface area (Å²) in [6, 6.07) is 6.52. The highest BCUT2D eigenvalue weighted by atomic mass is 35.5. The molecule has 2 rings (SSSR count). The van der Waals surface area contributed by atoms with Crippen LogP contribution in [-0.2, 0) is 9.53 Å². The van der Waals surface area contributed by atoms with Crippen LogP contribution in [0.25, 0.3) is 10.6 Å². The fourth-order valence-electron chi connectivity index (χ4n) is 1.47. The first kappa shape index (κ1) is 14.9. The van der Waals surface area contributed by atoms with Crippen molar-refractivity contribution >= 4 is 34.0 Å². The second-order valence-corrected chi connectivity index (χ2v) is 5.39. The Morgan fingerprint density at radius 3 is 3.05 bits per heavy atom. The van der Waals surface area contributed by atoms with Crippen molar-refractivity contribution in [3.63, 3.8) is 0 Å². The van der Waals surface area contributed by atoms with Gasteiger partial charge in [0.25, 0.3) is 0 Å². The molecule has 1 atom stereocenters. The van der Waals surface area contributed by atoms with Crippen LogP contribution < -0.4 is 11.1 Å². The first-order valence-electron chi connectivity index (χ1n) is 5.75. The van der Waals surface area contributed by atoms with Crippen LogP contribution >= 0.6 is 22.9 Å². The van der Waals surface area contributed by atoms with E-state index in [1.54, 1.807) is 12.1 Å². The predicted molar refractivity (Wildman–Crippen MR) is 78.8 cm³/mol. The Morgan fingerprint density at radius 1 is 1.55 bits per heavy atom. The van der Waals surface area contributed by atoms with Gasteiger partial charge in [0.2, 0.25) is 11.0 Å². The Morgan fingerprint density at radius 2 is 2.35 bits per heavy atom. The summed E-state index contributed by atoms with van der Waals surface area (Å²) in [7, 11) is 1.48. The van der Waals surface area contributed by atoms with Gasteiger partial charge in [0.1, 0.15) is 11.0 Å². The van der Waals surface area contributed by atoms with Crippen LogP contribution in [0, 0.1) is 0 Å². The fraction of sp³-hybridized carbons (Fsp3) is 0.250. The first-order valence-corrected chi connectivity index (χ1v) is 6.94. The highest BCUT2D eigenvalue weighted by Crippen LogP contribution is 2.27. The zero-order valence-electron chi connectivity index (χ0n) is 10.7. The molecule has 1 heterocycles. The lowest BCUT2D eigenvalue weighted by Crippen LogP contribution is -2.39. The summed E-state index contributed by atoms with van der Waals surface area (Å²) in [5.41, 5.74) is 6.46. The maximum atomic E-state index is 11.7. The quantitative estimate of drug-likeness (QED) is 0.878. The van der Waals surface area contributed by atoms with Crippen molar-refractivity contribution < 1.29 is 9.53 Å². The van der Waals surface area contributed by atoms with Gasteiger partial charge in [0.05, 0.1) is 6.61 Å². The van der Waals surface area contributed by atoms with E-state index in [-0.39, 0.29) is 12.5 Å². The maximum Gasteiger partial charge on any atom is 0.245 e. The van der Waals surface area contributed by atoms with Crippen molar-refractivity contribution in [2.24, 2.45) is 5.73 Å². The predicted octanol–water partition coefficient (Wildman–Crippen LogP) is 1.77. The number of hydrogen-bond donors (Lipinski definition) is 2. The minimum Gasteiger partial charge on any atom is -0.383 e. The Balaban J connectivity index is 2.08. The highest BCUT2D eigenvalue weighted by molar-refractivity contribution is 7.18. The SMILES string of the molecule is COCC(N)C(=O)Nc1nnc(-c2cccc(Cl)c2)s1. The molecule has 1 aromatic carbocycles. The summed E-state index contributed by atoms with van der Waals surface area (Å²) in [4.78, 5) is 11.7. The number of halogens is 1. The normalized spacial score (nSPS) is 12.2. The maximum absolute atomic E-state index is 11.7. The van der Waals surface area contributed by atoms with Gasteiger partial charge >= 0.3 is 0 Å². The number of rotatable bonds is 5. The molecular weight excluding hydrogens is 300 g/mol. The van der Waals surface area contributed by atoms with Crippen molar-refractivity contribution in [1.29, 1.82) is 0 Å². The van der Waals surface area contributed by atoms with Gasteiger partial charge in [-0.15, -0.1) is 10.2 Å². The number of ether oxygens (including phenoxy) is 1. The molecule has 0 bridgehead atoms. The van der Waals surface area contributed by atoms with Crippen molar-refractivity contribution in [2.75, 3.05) is 19.0 Å². The smallest absolute Gasteiger partial charge is 0.245 e. The zero-order valence-corrected chi connectivity index (χ0v) is 12.2. The van der Waals surface area contributed by atoms with E-state index < -0.39 is 6.04 Å². The summed E-state index contributed by atoms with van der Waals surface area (Å²) in [5, 5.41) is 12.2. The van der Waals surface area contributed by atoms with Gasteiger partial charge in [0.15, 0.2) is 0 Å². The largest absolute Gasteiger partial charge is 0.383 e. The van der Waals surface area contributed by atoms with Crippen LogP contribution in [0.1, 0.15) is 0 Å². The monoisotopic (exact) mass is 312 g/mol. The van der Waals surface area contributed by atoms with Gasteiger partial charge in [-0.3, -0.25) is 10.1 Å². The molecule has 20 heavy (non-hydrogen) atoms. The van der Waals surface area contributed by atoms with E-state index in [1.807, 2.05) is 12.1 Å². The molecule has 1 unspecified atom stereocenters. The molecule has 3 N–H and O–H groups in total. The summed E-state index contributed by atoms with van der Waals surface area (Å²) in [6.45, 7) is 0.145. The van der Waals surface area contributed by atoms with Gasteiger partial charge in [-0.1, -0.05) is 35.1 Å². The highest BCUT2D eigenvalue weighted by Gasteiger charge is 2.15. The summed E-state index contributed by atoms with van der Waals surface area (Å²) < 4.78 is 4.82. The van der Waals surface area contributed by atoms with E-state index in [1.165, 1.54) is 18.4 Å². The van der Waals surface area contributed by atoms with Crippen LogP contribution in [-0.4, -0.2) is 35.9 Å². The van der Waals surface area contributed by atoms with Crippen molar-refractivity contribution in [3.05, 3.63) is 29.3 Å². The second kappa shape index (κ2) is 6.76. The lowest BCUT2D eigenvalue weighted by atomic mass is 10.2. The van der Waals surface area contributed by atoms with Crippen LogP contribution in [0.15, 0.2) is 24.3 Å². The molecule has 106 valence electrons. The summed E-state index contributed by atoms with van der Waals surface area (Å²) in [5.74, 6) is -0.361. The van der Waals surface area contributed by atoms with Gasteiger partial charge in [-0.25, -0.2) is 0 Å². The van der Waals surface area contributed by atoms with E-state index >= 15 is 0 Å². The van der Waals surface area contributed by atoms with Crippen LogP contribution in [0.2, 0.25) is 5.02 Å². The topological polar surface area (TPSA) is 90.1 Å². The number of nitrogens with zero attached hydrogens (tertiary/aromatic N) is 2. The van der Waals surface area contributed by atoms with Crippen LogP contribution in [0.3, 0.4) is 0 Å². The van der Waals surface area contributed by atoms with E-state index in [0.717, 1.165) is 5.56 Å². The van der Waals surface area contributed by atoms with Gasteiger partial charge in [0, 0.05) is 17.7 Å². The third kappa shape index (κ3) is 3.73. The molecule has 0 fully saturated rings. The second-order valence-electron chi connectivity index (χ2n) is 3.97. The average molecular weight is 313 g/mol. The molecule has 0 spiro atoms. The molecule has 1 amide bonds. The first-order chi connectivity index (χ1) is 9.60. The molecule has 0 aliphatic rings. The number of methoxy groups -OCH3 is 1. The lowest BCUT2D eigenvalue weighted by Gasteiger charge is -2.08. The van der Waals surface area contributed by atoms with Gasteiger partial charge < -0.3 is 10.5 Å². The standard InChI is InChI=1S/C12H13ClN4O2S/c1-19-6-9(14)10(18)15-12-17-16-11(20-12)7-3-2-4-8(13)5-7/h2-5,9H,6,14H2,1H3,(H,15,17,18). The molecule has 0 saturated heterocycles. The van der Waals surface area contributed by atoms with Gasteiger partial charge in [-0.2, -0.15) is 0 Å². The van der Waals surface area contributed by atoms with E-state index in [0.29, 0.717) is 15.2 Å². The molecular formula is C12H13ClN4O2S. The Labute approximate surface area is 124 Å². The van der Waals surface area contributed by atoms with Crippen molar-refractivity contribution in [1.82, 2.24) is 10.2 Å². The molecule has 0 saturated carbocycles. The van der Waals surface area contributed by atoms with Crippen molar-refractivity contribution in [3.8, 4) is 10.6 Å². The van der Waals surface area contributed by atoms with E-state index in [9.17, 15) is 4.79 Å². The molecule has 8 heteroatoms. The Bertz CT molecular complexity index is 605. The van der Waals surface area contributed by atoms with E-state index in [4.69, 9.17) is 22.1 Å². The molecule has 0 aliphatic heterocycles. The number of benzene rings is 1. The molecule has 1 aromatic heterocycles. The summed E-state index contributed by atoms with van der Waals surface area (Å²) >= 11 is 7.17. The lowest BCUT2D eigenvalue weighted by molar-refractivity contribution is -0.118. The minimum atomic E-state index is -0.737. The number of nitrogens with one attached hydrogen (secondary N) is 1. The Hall–Kier alpha value is -1.54. The van der Waals surface area contributed by atoms with Gasteiger partial charge in [-0.05, 0) is 12.1 Å². The van der Waals surface area contributed by atoms with Crippen LogP contribution in [0.5, 0.6) is 0 Å². The number of aromatic nitrogens is 2. The molecule has 6 nitrogen and oxygen atoms in total. The number of nitrogens with two attached hydrogens (primary N) is 1.